The predicted molar refractivity (Wildman–Crippen MR) is 50.2 cm³/mol. The highest BCUT2D eigenvalue weighted by Crippen LogP contribution is 2.14. The van der Waals surface area contributed by atoms with Crippen LogP contribution in [0.15, 0.2) is 12.7 Å². The van der Waals surface area contributed by atoms with Crippen molar-refractivity contribution in [3.8, 4) is 0 Å². The summed E-state index contributed by atoms with van der Waals surface area (Å²) in [6.07, 6.45) is 1.58. The molecule has 13 heavy (non-hydrogen) atoms. The van der Waals surface area contributed by atoms with Crippen LogP contribution in [0, 0.1) is 0 Å². The van der Waals surface area contributed by atoms with Crippen LogP contribution in [0.3, 0.4) is 0 Å². The van der Waals surface area contributed by atoms with Crippen LogP contribution >= 0.6 is 0 Å². The van der Waals surface area contributed by atoms with Crippen molar-refractivity contribution < 1.29 is 18.4 Å². The number of rotatable bonds is 4. The molecule has 0 radical (unpaired) electrons. The van der Waals surface area contributed by atoms with Gasteiger partial charge in [0.25, 0.3) is 11.9 Å². The summed E-state index contributed by atoms with van der Waals surface area (Å²) < 4.78 is 9.95. The molecule has 0 saturated heterocycles. The molecule has 0 aromatic carbocycles. The molecule has 0 spiro atoms. The van der Waals surface area contributed by atoms with Crippen molar-refractivity contribution in [3.63, 3.8) is 0 Å². The van der Waals surface area contributed by atoms with Crippen LogP contribution in [0.5, 0.6) is 0 Å². The molecule has 0 heterocycles. The Bertz CT molecular complexity index is 208. The zero-order chi connectivity index (χ0) is 10.5. The van der Waals surface area contributed by atoms with Crippen LogP contribution in [-0.2, 0) is 18.4 Å². The van der Waals surface area contributed by atoms with Crippen molar-refractivity contribution in [2.45, 2.75) is 26.4 Å². The molecular weight excluding hydrogens is 188 g/mol. The van der Waals surface area contributed by atoms with Crippen molar-refractivity contribution in [3.05, 3.63) is 12.7 Å². The fourth-order valence-electron chi connectivity index (χ4n) is 0.974. The van der Waals surface area contributed by atoms with E-state index in [1.807, 2.05) is 0 Å². The highest BCUT2D eigenvalue weighted by molar-refractivity contribution is 6.69. The molecule has 0 aromatic heterocycles. The maximum absolute atomic E-state index is 10.7. The van der Waals surface area contributed by atoms with Crippen LogP contribution in [0.25, 0.3) is 0 Å². The molecule has 5 heteroatoms. The number of allylic oxidation sites excluding steroid dienone is 1. The molecule has 0 aliphatic carbocycles. The van der Waals surface area contributed by atoms with E-state index in [1.54, 1.807) is 12.6 Å². The highest BCUT2D eigenvalue weighted by Gasteiger charge is 2.36. The second-order valence-corrected chi connectivity index (χ2v) is 5.90. The Balaban J connectivity index is 4.40. The summed E-state index contributed by atoms with van der Waals surface area (Å²) in [6.45, 7) is 7.74. The zero-order valence-corrected chi connectivity index (χ0v) is 9.12. The Labute approximate surface area is 78.8 Å². The maximum Gasteiger partial charge on any atom is 0.464 e. The molecule has 0 aliphatic rings. The number of carbonyl (C=O) groups excluding carboxylic acids is 2. The second-order valence-electron chi connectivity index (χ2n) is 2.81. The van der Waals surface area contributed by atoms with Gasteiger partial charge in [-0.05, 0) is 0 Å². The van der Waals surface area contributed by atoms with E-state index in [0.29, 0.717) is 6.04 Å². The van der Waals surface area contributed by atoms with Gasteiger partial charge in [0.15, 0.2) is 0 Å². The largest absolute Gasteiger partial charge is 0.485 e. The van der Waals surface area contributed by atoms with Gasteiger partial charge in [-0.2, -0.15) is 0 Å². The van der Waals surface area contributed by atoms with Crippen LogP contribution in [-0.4, -0.2) is 20.5 Å². The molecule has 0 aromatic rings. The van der Waals surface area contributed by atoms with E-state index in [2.05, 4.69) is 6.58 Å². The van der Waals surface area contributed by atoms with Gasteiger partial charge in [0.05, 0.1) is 0 Å². The molecule has 0 unspecified atom stereocenters. The van der Waals surface area contributed by atoms with Gasteiger partial charge < -0.3 is 8.85 Å². The fraction of sp³-hybridized carbons (Fsp3) is 0.500. The summed E-state index contributed by atoms with van der Waals surface area (Å²) in [7, 11) is -2.69. The average Bonchev–Trinajstić information content (AvgIpc) is 1.81. The van der Waals surface area contributed by atoms with E-state index in [0.717, 1.165) is 0 Å². The molecule has 0 fully saturated rings. The van der Waals surface area contributed by atoms with Gasteiger partial charge in [0.1, 0.15) is 0 Å². The Morgan fingerprint density at radius 3 is 1.92 bits per heavy atom. The lowest BCUT2D eigenvalue weighted by Gasteiger charge is -2.23. The molecular formula is C8H14O4Si. The van der Waals surface area contributed by atoms with Crippen molar-refractivity contribution in [2.24, 2.45) is 0 Å². The van der Waals surface area contributed by atoms with Gasteiger partial charge in [0.2, 0.25) is 0 Å². The first-order chi connectivity index (χ1) is 5.89. The Morgan fingerprint density at radius 1 is 1.31 bits per heavy atom. The van der Waals surface area contributed by atoms with Gasteiger partial charge >= 0.3 is 8.56 Å². The van der Waals surface area contributed by atoms with E-state index < -0.39 is 20.5 Å². The summed E-state index contributed by atoms with van der Waals surface area (Å²) in [6, 6.07) is 0.409. The maximum atomic E-state index is 10.7. The van der Waals surface area contributed by atoms with Gasteiger partial charge in [0, 0.05) is 26.4 Å². The monoisotopic (exact) mass is 202 g/mol. The minimum absolute atomic E-state index is 0.409. The van der Waals surface area contributed by atoms with E-state index in [1.165, 1.54) is 13.8 Å². The number of carbonyl (C=O) groups is 2. The lowest BCUT2D eigenvalue weighted by Crippen LogP contribution is -2.41. The summed E-state index contributed by atoms with van der Waals surface area (Å²) in [5.74, 6) is -0.866. The van der Waals surface area contributed by atoms with Crippen molar-refractivity contribution >= 4 is 20.5 Å². The third-order valence-electron chi connectivity index (χ3n) is 1.23. The first-order valence-corrected chi connectivity index (χ1v) is 6.42. The molecule has 0 atom stereocenters. The average molecular weight is 202 g/mol. The summed E-state index contributed by atoms with van der Waals surface area (Å²) in [4.78, 5) is 21.4. The normalized spacial score (nSPS) is 10.4. The summed E-state index contributed by atoms with van der Waals surface area (Å²) >= 11 is 0. The van der Waals surface area contributed by atoms with Crippen molar-refractivity contribution in [1.82, 2.24) is 0 Å². The van der Waals surface area contributed by atoms with Crippen LogP contribution < -0.4 is 0 Å². The van der Waals surface area contributed by atoms with Gasteiger partial charge in [-0.25, -0.2) is 0 Å². The van der Waals surface area contributed by atoms with Crippen molar-refractivity contribution in [1.29, 1.82) is 0 Å². The first kappa shape index (κ1) is 11.9. The molecule has 0 amide bonds. The van der Waals surface area contributed by atoms with E-state index in [-0.39, 0.29) is 0 Å². The molecule has 0 rings (SSSR count). The van der Waals surface area contributed by atoms with E-state index in [9.17, 15) is 9.59 Å². The first-order valence-electron chi connectivity index (χ1n) is 3.89. The van der Waals surface area contributed by atoms with Crippen LogP contribution in [0.4, 0.5) is 0 Å². The lowest BCUT2D eigenvalue weighted by atomic mass is 10.8. The molecule has 74 valence electrons. The smallest absolute Gasteiger partial charge is 0.464 e. The van der Waals surface area contributed by atoms with Gasteiger partial charge in [-0.15, -0.1) is 6.58 Å². The molecule has 4 nitrogen and oxygen atoms in total. The molecule has 0 saturated carbocycles. The fourth-order valence-corrected chi connectivity index (χ4v) is 2.92. The summed E-state index contributed by atoms with van der Waals surface area (Å²) in [5, 5.41) is 0. The molecule has 0 bridgehead atoms. The molecule has 0 aliphatic heterocycles. The SMILES string of the molecule is C=CC[Si](C)(OC(C)=O)OC(C)=O. The van der Waals surface area contributed by atoms with E-state index >= 15 is 0 Å². The van der Waals surface area contributed by atoms with Gasteiger partial charge in [-0.3, -0.25) is 9.59 Å². The molecule has 0 N–H and O–H groups in total. The minimum atomic E-state index is -2.69. The Hall–Kier alpha value is -1.10. The highest BCUT2D eigenvalue weighted by atomic mass is 28.4. The third-order valence-corrected chi connectivity index (χ3v) is 3.70. The zero-order valence-electron chi connectivity index (χ0n) is 8.12. The minimum Gasteiger partial charge on any atom is -0.485 e. The van der Waals surface area contributed by atoms with Gasteiger partial charge in [-0.1, -0.05) is 6.08 Å². The Kier molecular flexibility index (Phi) is 4.40. The second kappa shape index (κ2) is 4.81. The third kappa shape index (κ3) is 5.19. The van der Waals surface area contributed by atoms with Crippen LogP contribution in [0.2, 0.25) is 12.6 Å². The Morgan fingerprint density at radius 2 is 1.69 bits per heavy atom. The lowest BCUT2D eigenvalue weighted by molar-refractivity contribution is -0.138. The van der Waals surface area contributed by atoms with Crippen LogP contribution in [0.1, 0.15) is 13.8 Å². The summed E-state index contributed by atoms with van der Waals surface area (Å²) in [5.41, 5.74) is 0. The van der Waals surface area contributed by atoms with Crippen molar-refractivity contribution in [2.75, 3.05) is 0 Å². The number of hydrogen-bond acceptors (Lipinski definition) is 4. The standard InChI is InChI=1S/C8H14O4Si/c1-5-6-13(4,11-7(2)9)12-8(3)10/h5H,1,6H2,2-4H3. The topological polar surface area (TPSA) is 52.6 Å². The predicted octanol–water partition coefficient (Wildman–Crippen LogP) is 1.37. The van der Waals surface area contributed by atoms with E-state index in [4.69, 9.17) is 8.85 Å². The number of hydrogen-bond donors (Lipinski definition) is 0. The quantitative estimate of drug-likeness (QED) is 0.510.